The van der Waals surface area contributed by atoms with Crippen molar-refractivity contribution in [3.05, 3.63) is 40.3 Å². The standard InChI is InChI=1S/C17H25N5O4/c1-3-21(4-2)15(11-23)16(24)12-5-7-13(8-6-12)22-10-14(9-19-20-18)26-17(22)25/h5-8,14-16,23-24H,3-4,9-11H2,1-2H3/t14-,15+,16-/m0/s1. The van der Waals surface area contributed by atoms with Gasteiger partial charge < -0.3 is 14.9 Å². The van der Waals surface area contributed by atoms with Gasteiger partial charge in [-0.05, 0) is 36.3 Å². The highest BCUT2D eigenvalue weighted by molar-refractivity contribution is 5.89. The quantitative estimate of drug-likeness (QED) is 0.395. The Morgan fingerprint density at radius 3 is 2.58 bits per heavy atom. The molecule has 1 saturated heterocycles. The molecular formula is C17H25N5O4. The highest BCUT2D eigenvalue weighted by Gasteiger charge is 2.32. The number of azide groups is 1. The number of cyclic esters (lactones) is 1. The largest absolute Gasteiger partial charge is 0.444 e. The van der Waals surface area contributed by atoms with Gasteiger partial charge in [-0.1, -0.05) is 31.1 Å². The number of anilines is 1. The van der Waals surface area contributed by atoms with Gasteiger partial charge in [0.05, 0.1) is 31.8 Å². The minimum Gasteiger partial charge on any atom is -0.444 e. The van der Waals surface area contributed by atoms with Crippen LogP contribution in [0.3, 0.4) is 0 Å². The summed E-state index contributed by atoms with van der Waals surface area (Å²) < 4.78 is 5.16. The predicted molar refractivity (Wildman–Crippen MR) is 96.8 cm³/mol. The number of aliphatic hydroxyl groups is 2. The molecule has 0 aromatic heterocycles. The lowest BCUT2D eigenvalue weighted by Crippen LogP contribution is -2.42. The van der Waals surface area contributed by atoms with Gasteiger partial charge in [0.15, 0.2) is 0 Å². The van der Waals surface area contributed by atoms with Gasteiger partial charge in [-0.25, -0.2) is 4.79 Å². The summed E-state index contributed by atoms with van der Waals surface area (Å²) >= 11 is 0. The van der Waals surface area contributed by atoms with Gasteiger partial charge in [0, 0.05) is 10.6 Å². The third-order valence-electron chi connectivity index (χ3n) is 4.60. The van der Waals surface area contributed by atoms with Gasteiger partial charge in [0.1, 0.15) is 6.10 Å². The zero-order valence-electron chi connectivity index (χ0n) is 15.0. The SMILES string of the molecule is CCN(CC)[C@H](CO)[C@@H](O)c1ccc(N2C[C@H](CN=[N+]=[N-])OC2=O)cc1. The maximum absolute atomic E-state index is 12.0. The van der Waals surface area contributed by atoms with Crippen LogP contribution < -0.4 is 4.90 Å². The molecular weight excluding hydrogens is 338 g/mol. The Balaban J connectivity index is 2.10. The van der Waals surface area contributed by atoms with Crippen molar-refractivity contribution in [3.8, 4) is 0 Å². The fourth-order valence-corrected chi connectivity index (χ4v) is 3.14. The number of rotatable bonds is 9. The van der Waals surface area contributed by atoms with Crippen molar-refractivity contribution in [2.24, 2.45) is 5.11 Å². The van der Waals surface area contributed by atoms with Gasteiger partial charge in [0.2, 0.25) is 0 Å². The lowest BCUT2D eigenvalue weighted by atomic mass is 10.0. The summed E-state index contributed by atoms with van der Waals surface area (Å²) in [4.78, 5) is 18.1. The first-order valence-corrected chi connectivity index (χ1v) is 8.67. The molecule has 3 atom stereocenters. The first-order chi connectivity index (χ1) is 12.5. The van der Waals surface area contributed by atoms with E-state index in [1.165, 1.54) is 4.90 Å². The van der Waals surface area contributed by atoms with Crippen LogP contribution in [0.5, 0.6) is 0 Å². The summed E-state index contributed by atoms with van der Waals surface area (Å²) in [5.41, 5.74) is 9.66. The van der Waals surface area contributed by atoms with E-state index >= 15 is 0 Å². The number of hydrogen-bond acceptors (Lipinski definition) is 6. The minimum absolute atomic E-state index is 0.0948. The Morgan fingerprint density at radius 2 is 2.04 bits per heavy atom. The maximum atomic E-state index is 12.0. The molecule has 9 heteroatoms. The monoisotopic (exact) mass is 363 g/mol. The Hall–Kier alpha value is -2.32. The van der Waals surface area contributed by atoms with Gasteiger partial charge in [0.25, 0.3) is 0 Å². The van der Waals surface area contributed by atoms with E-state index in [9.17, 15) is 15.0 Å². The van der Waals surface area contributed by atoms with Crippen molar-refractivity contribution in [2.75, 3.05) is 37.7 Å². The first-order valence-electron chi connectivity index (χ1n) is 8.67. The van der Waals surface area contributed by atoms with Crippen molar-refractivity contribution in [1.82, 2.24) is 4.90 Å². The maximum Gasteiger partial charge on any atom is 0.414 e. The van der Waals surface area contributed by atoms with E-state index in [0.717, 1.165) is 13.1 Å². The van der Waals surface area contributed by atoms with E-state index in [-0.39, 0.29) is 19.2 Å². The van der Waals surface area contributed by atoms with Crippen molar-refractivity contribution in [2.45, 2.75) is 32.1 Å². The molecule has 0 bridgehead atoms. The van der Waals surface area contributed by atoms with Crippen LogP contribution in [0.2, 0.25) is 0 Å². The Labute approximate surface area is 152 Å². The molecule has 0 aliphatic carbocycles. The fraction of sp³-hybridized carbons (Fsp3) is 0.588. The van der Waals surface area contributed by atoms with Crippen LogP contribution in [0.1, 0.15) is 25.5 Å². The molecule has 2 rings (SSSR count). The number of benzene rings is 1. The molecule has 1 aromatic rings. The number of aliphatic hydroxyl groups excluding tert-OH is 2. The number of amides is 1. The average molecular weight is 363 g/mol. The summed E-state index contributed by atoms with van der Waals surface area (Å²) in [5.74, 6) is 0. The third-order valence-corrected chi connectivity index (χ3v) is 4.60. The second-order valence-corrected chi connectivity index (χ2v) is 6.04. The zero-order chi connectivity index (χ0) is 19.1. The molecule has 0 radical (unpaired) electrons. The zero-order valence-corrected chi connectivity index (χ0v) is 15.0. The molecule has 0 saturated carbocycles. The van der Waals surface area contributed by atoms with Gasteiger partial charge in [-0.2, -0.15) is 0 Å². The summed E-state index contributed by atoms with van der Waals surface area (Å²) in [5, 5.41) is 23.7. The minimum atomic E-state index is -0.836. The second-order valence-electron chi connectivity index (χ2n) is 6.04. The van der Waals surface area contributed by atoms with Crippen LogP contribution in [0.15, 0.2) is 29.4 Å². The Morgan fingerprint density at radius 1 is 1.38 bits per heavy atom. The van der Waals surface area contributed by atoms with Crippen molar-refractivity contribution < 1.29 is 19.7 Å². The van der Waals surface area contributed by atoms with Crippen molar-refractivity contribution in [3.63, 3.8) is 0 Å². The van der Waals surface area contributed by atoms with E-state index in [1.807, 2.05) is 18.7 Å². The average Bonchev–Trinajstić information content (AvgIpc) is 3.04. The van der Waals surface area contributed by atoms with E-state index < -0.39 is 18.3 Å². The van der Waals surface area contributed by atoms with Crippen molar-refractivity contribution >= 4 is 11.8 Å². The summed E-state index contributed by atoms with van der Waals surface area (Å²) in [6.45, 7) is 5.66. The third kappa shape index (κ3) is 4.44. The van der Waals surface area contributed by atoms with Crippen LogP contribution in [0.4, 0.5) is 10.5 Å². The lowest BCUT2D eigenvalue weighted by Gasteiger charge is -2.32. The number of nitrogens with zero attached hydrogens (tertiary/aromatic N) is 5. The molecule has 2 N–H and O–H groups in total. The molecule has 1 heterocycles. The highest BCUT2D eigenvalue weighted by atomic mass is 16.6. The van der Waals surface area contributed by atoms with Gasteiger partial charge >= 0.3 is 6.09 Å². The molecule has 1 amide bonds. The smallest absolute Gasteiger partial charge is 0.414 e. The Bertz CT molecular complexity index is 643. The highest BCUT2D eigenvalue weighted by Crippen LogP contribution is 2.26. The van der Waals surface area contributed by atoms with E-state index in [4.69, 9.17) is 10.3 Å². The molecule has 0 unspecified atom stereocenters. The van der Waals surface area contributed by atoms with Crippen LogP contribution in [0.25, 0.3) is 10.4 Å². The number of likely N-dealkylation sites (N-methyl/N-ethyl adjacent to an activating group) is 1. The molecule has 1 fully saturated rings. The van der Waals surface area contributed by atoms with E-state index in [2.05, 4.69) is 10.0 Å². The van der Waals surface area contributed by atoms with Gasteiger partial charge in [-0.15, -0.1) is 0 Å². The molecule has 9 nitrogen and oxygen atoms in total. The number of carbonyl (C=O) groups excluding carboxylic acids is 1. The van der Waals surface area contributed by atoms with Crippen LogP contribution in [-0.2, 0) is 4.74 Å². The number of ether oxygens (including phenoxy) is 1. The molecule has 142 valence electrons. The number of hydrogen-bond donors (Lipinski definition) is 2. The molecule has 1 aliphatic heterocycles. The molecule has 0 spiro atoms. The summed E-state index contributed by atoms with van der Waals surface area (Å²) in [6, 6.07) is 6.54. The predicted octanol–water partition coefficient (Wildman–Crippen LogP) is 2.06. The lowest BCUT2D eigenvalue weighted by molar-refractivity contribution is 0.0194. The Kier molecular flexibility index (Phi) is 7.23. The molecule has 26 heavy (non-hydrogen) atoms. The first kappa shape index (κ1) is 20.0. The van der Waals surface area contributed by atoms with Crippen LogP contribution in [-0.4, -0.2) is 66.1 Å². The van der Waals surface area contributed by atoms with E-state index in [1.54, 1.807) is 24.3 Å². The van der Waals surface area contributed by atoms with Crippen LogP contribution in [0, 0.1) is 0 Å². The van der Waals surface area contributed by atoms with Gasteiger partial charge in [-0.3, -0.25) is 9.80 Å². The number of carbonyl (C=O) groups is 1. The molecule has 1 aromatic carbocycles. The normalized spacial score (nSPS) is 19.2. The fourth-order valence-electron chi connectivity index (χ4n) is 3.14. The summed E-state index contributed by atoms with van der Waals surface area (Å²) in [6.07, 6.45) is -1.80. The van der Waals surface area contributed by atoms with Crippen molar-refractivity contribution in [1.29, 1.82) is 0 Å². The second kappa shape index (κ2) is 9.40. The van der Waals surface area contributed by atoms with Crippen LogP contribution >= 0.6 is 0 Å². The molecule has 1 aliphatic rings. The van der Waals surface area contributed by atoms with E-state index in [0.29, 0.717) is 17.8 Å². The summed E-state index contributed by atoms with van der Waals surface area (Å²) in [7, 11) is 0. The topological polar surface area (TPSA) is 122 Å².